The fraction of sp³-hybridized carbons (Fsp3) is 0.222. The third-order valence-electron chi connectivity index (χ3n) is 1.53. The lowest BCUT2D eigenvalue weighted by Crippen LogP contribution is -2.04. The summed E-state index contributed by atoms with van der Waals surface area (Å²) in [7, 11) is 1.28. The number of ether oxygens (including phenoxy) is 1. The van der Waals surface area contributed by atoms with Gasteiger partial charge in [-0.2, -0.15) is 13.2 Å². The molecule has 0 unspecified atom stereocenters. The highest BCUT2D eigenvalue weighted by Gasteiger charge is 2.30. The van der Waals surface area contributed by atoms with E-state index in [1.807, 2.05) is 0 Å². The van der Waals surface area contributed by atoms with Gasteiger partial charge in [-0.3, -0.25) is 0 Å². The van der Waals surface area contributed by atoms with Crippen LogP contribution in [0.15, 0.2) is 23.2 Å². The fourth-order valence-corrected chi connectivity index (χ4v) is 1.03. The van der Waals surface area contributed by atoms with E-state index in [1.165, 1.54) is 7.11 Å². The van der Waals surface area contributed by atoms with Crippen LogP contribution in [0.5, 0.6) is 0 Å². The highest BCUT2D eigenvalue weighted by molar-refractivity contribution is 6.33. The molecule has 0 aromatic heterocycles. The number of methoxy groups -OCH3 is 1. The standard InChI is InChI=1S/C9H6ClF3NO/c1-15-5-14-8-4-6(9(11,12)13)2-3-7(8)10/h2-4H,1H3. The average molecular weight is 237 g/mol. The Balaban J connectivity index is 3.11. The molecule has 0 aliphatic rings. The van der Waals surface area contributed by atoms with Crippen LogP contribution in [0, 0.1) is 0 Å². The molecule has 1 aromatic carbocycles. The van der Waals surface area contributed by atoms with Crippen molar-refractivity contribution in [2.45, 2.75) is 6.18 Å². The summed E-state index contributed by atoms with van der Waals surface area (Å²) in [5.41, 5.74) is -0.850. The smallest absolute Gasteiger partial charge is 0.416 e. The van der Waals surface area contributed by atoms with E-state index in [0.29, 0.717) is 0 Å². The summed E-state index contributed by atoms with van der Waals surface area (Å²) in [5.74, 6) is 0. The predicted octanol–water partition coefficient (Wildman–Crippen LogP) is 3.54. The molecular formula is C9H6ClF3NO. The molecule has 0 fully saturated rings. The molecule has 0 heterocycles. The zero-order chi connectivity index (χ0) is 11.5. The maximum absolute atomic E-state index is 12.3. The molecule has 15 heavy (non-hydrogen) atoms. The second kappa shape index (κ2) is 4.53. The first-order valence-corrected chi connectivity index (χ1v) is 4.18. The molecule has 0 aliphatic heterocycles. The first kappa shape index (κ1) is 11.8. The molecule has 1 radical (unpaired) electrons. The van der Waals surface area contributed by atoms with Crippen LogP contribution in [0.25, 0.3) is 0 Å². The van der Waals surface area contributed by atoms with Crippen molar-refractivity contribution in [1.29, 1.82) is 0 Å². The molecule has 0 spiro atoms. The molecule has 1 aromatic rings. The molecule has 0 bridgehead atoms. The van der Waals surface area contributed by atoms with Crippen molar-refractivity contribution >= 4 is 23.7 Å². The number of benzene rings is 1. The third-order valence-corrected chi connectivity index (χ3v) is 1.85. The summed E-state index contributed by atoms with van der Waals surface area (Å²) in [6, 6.07) is 2.84. The Morgan fingerprint density at radius 3 is 2.60 bits per heavy atom. The van der Waals surface area contributed by atoms with Gasteiger partial charge in [0.1, 0.15) is 0 Å². The zero-order valence-corrected chi connectivity index (χ0v) is 8.36. The number of halogens is 4. The van der Waals surface area contributed by atoms with Gasteiger partial charge >= 0.3 is 6.18 Å². The lowest BCUT2D eigenvalue weighted by molar-refractivity contribution is -0.137. The normalized spacial score (nSPS) is 12.1. The molecule has 0 saturated carbocycles. The van der Waals surface area contributed by atoms with E-state index in [0.717, 1.165) is 18.2 Å². The van der Waals surface area contributed by atoms with Crippen molar-refractivity contribution in [1.82, 2.24) is 0 Å². The van der Waals surface area contributed by atoms with Gasteiger partial charge in [-0.05, 0) is 18.2 Å². The second-order valence-corrected chi connectivity index (χ2v) is 2.98. The summed E-state index contributed by atoms with van der Waals surface area (Å²) >= 11 is 5.63. The van der Waals surface area contributed by atoms with Gasteiger partial charge in [-0.1, -0.05) is 11.6 Å². The Morgan fingerprint density at radius 1 is 1.40 bits per heavy atom. The quantitative estimate of drug-likeness (QED) is 0.569. The Labute approximate surface area is 89.3 Å². The van der Waals surface area contributed by atoms with E-state index in [-0.39, 0.29) is 10.7 Å². The Hall–Kier alpha value is -1.23. The lowest BCUT2D eigenvalue weighted by Gasteiger charge is -2.07. The second-order valence-electron chi connectivity index (χ2n) is 2.57. The summed E-state index contributed by atoms with van der Waals surface area (Å²) in [5, 5.41) is 0.104. The van der Waals surface area contributed by atoms with Crippen molar-refractivity contribution < 1.29 is 17.9 Å². The minimum Gasteiger partial charge on any atom is -0.477 e. The molecular weight excluding hydrogens is 231 g/mol. The van der Waals surface area contributed by atoms with Crippen molar-refractivity contribution in [3.63, 3.8) is 0 Å². The monoisotopic (exact) mass is 236 g/mol. The van der Waals surface area contributed by atoms with Gasteiger partial charge in [-0.25, -0.2) is 4.99 Å². The first-order chi connectivity index (χ1) is 6.95. The van der Waals surface area contributed by atoms with Crippen LogP contribution < -0.4 is 0 Å². The Kier molecular flexibility index (Phi) is 3.57. The SMILES string of the molecule is CO/[C]=N\c1cc(C(F)(F)F)ccc1Cl. The maximum atomic E-state index is 12.3. The van der Waals surface area contributed by atoms with Crippen LogP contribution in [-0.2, 0) is 10.9 Å². The highest BCUT2D eigenvalue weighted by Crippen LogP contribution is 2.34. The van der Waals surface area contributed by atoms with Crippen LogP contribution >= 0.6 is 11.6 Å². The molecule has 0 amide bonds. The number of rotatable bonds is 2. The van der Waals surface area contributed by atoms with Crippen LogP contribution in [0.1, 0.15) is 5.56 Å². The maximum Gasteiger partial charge on any atom is 0.416 e. The summed E-state index contributed by atoms with van der Waals surface area (Å²) in [4.78, 5) is 3.49. The van der Waals surface area contributed by atoms with Gasteiger partial charge in [0.25, 0.3) is 6.40 Å². The summed E-state index contributed by atoms with van der Waals surface area (Å²) < 4.78 is 41.2. The van der Waals surface area contributed by atoms with Gasteiger partial charge in [0.2, 0.25) is 0 Å². The van der Waals surface area contributed by atoms with Gasteiger partial charge in [0.15, 0.2) is 0 Å². The molecule has 0 saturated heterocycles. The topological polar surface area (TPSA) is 21.6 Å². The van der Waals surface area contributed by atoms with E-state index >= 15 is 0 Å². The van der Waals surface area contributed by atoms with Gasteiger partial charge in [-0.15, -0.1) is 0 Å². The van der Waals surface area contributed by atoms with Crippen molar-refractivity contribution in [2.75, 3.05) is 7.11 Å². The molecule has 1 rings (SSSR count). The molecule has 81 valence electrons. The minimum atomic E-state index is -4.41. The largest absolute Gasteiger partial charge is 0.477 e. The fourth-order valence-electron chi connectivity index (χ4n) is 0.869. The molecule has 6 heteroatoms. The number of alkyl halides is 3. The van der Waals surface area contributed by atoms with Crippen LogP contribution in [0.2, 0.25) is 5.02 Å². The van der Waals surface area contributed by atoms with E-state index in [9.17, 15) is 13.2 Å². The summed E-state index contributed by atoms with van der Waals surface area (Å²) in [6.45, 7) is 0. The average Bonchev–Trinajstić information content (AvgIpc) is 2.15. The summed E-state index contributed by atoms with van der Waals surface area (Å²) in [6.07, 6.45) is -2.36. The minimum absolute atomic E-state index is 0.0339. The molecule has 0 atom stereocenters. The number of hydrogen-bond donors (Lipinski definition) is 0. The van der Waals surface area contributed by atoms with Crippen LogP contribution in [0.3, 0.4) is 0 Å². The number of aliphatic imine (C=N–C) groups is 1. The number of hydrogen-bond acceptors (Lipinski definition) is 2. The Bertz CT molecular complexity index is 376. The molecule has 0 N–H and O–H groups in total. The van der Waals surface area contributed by atoms with Crippen molar-refractivity contribution in [3.8, 4) is 0 Å². The van der Waals surface area contributed by atoms with Gasteiger partial charge < -0.3 is 4.74 Å². The Morgan fingerprint density at radius 2 is 2.07 bits per heavy atom. The van der Waals surface area contributed by atoms with E-state index in [4.69, 9.17) is 11.6 Å². The van der Waals surface area contributed by atoms with Crippen LogP contribution in [-0.4, -0.2) is 13.5 Å². The molecule has 0 aliphatic carbocycles. The van der Waals surface area contributed by atoms with Gasteiger partial charge in [0.05, 0.1) is 23.4 Å². The van der Waals surface area contributed by atoms with Crippen LogP contribution in [0.4, 0.5) is 18.9 Å². The van der Waals surface area contributed by atoms with E-state index in [2.05, 4.69) is 16.1 Å². The lowest BCUT2D eigenvalue weighted by atomic mass is 10.2. The highest BCUT2D eigenvalue weighted by atomic mass is 35.5. The number of nitrogens with zero attached hydrogens (tertiary/aromatic N) is 1. The van der Waals surface area contributed by atoms with Crippen molar-refractivity contribution in [2.24, 2.45) is 4.99 Å². The van der Waals surface area contributed by atoms with Gasteiger partial charge in [0, 0.05) is 0 Å². The van der Waals surface area contributed by atoms with Crippen molar-refractivity contribution in [3.05, 3.63) is 28.8 Å². The third kappa shape index (κ3) is 3.13. The predicted molar refractivity (Wildman–Crippen MR) is 50.6 cm³/mol. The molecule has 2 nitrogen and oxygen atoms in total. The van der Waals surface area contributed by atoms with E-state index < -0.39 is 11.7 Å². The first-order valence-electron chi connectivity index (χ1n) is 3.80. The van der Waals surface area contributed by atoms with E-state index in [1.54, 1.807) is 0 Å². The zero-order valence-electron chi connectivity index (χ0n) is 7.60.